The molecule has 0 radical (unpaired) electrons. The molecule has 0 atom stereocenters. The maximum Gasteiger partial charge on any atom is -0.0233 e. The summed E-state index contributed by atoms with van der Waals surface area (Å²) in [4.78, 5) is 0. The van der Waals surface area contributed by atoms with Crippen molar-refractivity contribution in [3.05, 3.63) is 24.3 Å². The highest BCUT2D eigenvalue weighted by molar-refractivity contribution is 4.92. The standard InChI is InChI=1S/C21H36/c1-3-7-19-14-16-21(17-15-19)9-6-5-8-20-12-10-18(4-2)11-13-20/h3,5-7,18-21H,4,8-17H2,1-2H3/t18-,19-,20-,21-. The van der Waals surface area contributed by atoms with Crippen molar-refractivity contribution >= 4 is 0 Å². The lowest BCUT2D eigenvalue weighted by molar-refractivity contribution is 0.270. The summed E-state index contributed by atoms with van der Waals surface area (Å²) in [6.45, 7) is 4.51. The van der Waals surface area contributed by atoms with Crippen LogP contribution in [0.1, 0.15) is 84.5 Å². The molecule has 0 heteroatoms. The molecule has 0 aromatic rings. The van der Waals surface area contributed by atoms with Crippen LogP contribution in [0, 0.1) is 23.7 Å². The van der Waals surface area contributed by atoms with E-state index in [2.05, 4.69) is 38.2 Å². The zero-order valence-electron chi connectivity index (χ0n) is 14.4. The van der Waals surface area contributed by atoms with Gasteiger partial charge in [-0.2, -0.15) is 0 Å². The summed E-state index contributed by atoms with van der Waals surface area (Å²) in [5, 5.41) is 0. The average Bonchev–Trinajstić information content (AvgIpc) is 2.54. The van der Waals surface area contributed by atoms with Crippen LogP contribution in [0.5, 0.6) is 0 Å². The molecule has 0 aromatic carbocycles. The first-order valence-electron chi connectivity index (χ1n) is 9.59. The second-order valence-electron chi connectivity index (χ2n) is 7.54. The van der Waals surface area contributed by atoms with Crippen LogP contribution in [0.25, 0.3) is 0 Å². The van der Waals surface area contributed by atoms with Crippen LogP contribution < -0.4 is 0 Å². The minimum absolute atomic E-state index is 0.879. The molecule has 0 aliphatic heterocycles. The van der Waals surface area contributed by atoms with Crippen LogP contribution in [-0.2, 0) is 0 Å². The Labute approximate surface area is 133 Å². The van der Waals surface area contributed by atoms with E-state index in [1.807, 2.05) is 0 Å². The first kappa shape index (κ1) is 16.8. The van der Waals surface area contributed by atoms with E-state index in [0.29, 0.717) is 0 Å². The Morgan fingerprint density at radius 3 is 1.67 bits per heavy atom. The third kappa shape index (κ3) is 6.01. The highest BCUT2D eigenvalue weighted by atomic mass is 14.3. The molecule has 2 fully saturated rings. The molecule has 2 rings (SSSR count). The summed E-state index contributed by atoms with van der Waals surface area (Å²) in [7, 11) is 0. The predicted molar refractivity (Wildman–Crippen MR) is 94.4 cm³/mol. The summed E-state index contributed by atoms with van der Waals surface area (Å²) in [6, 6.07) is 0. The SMILES string of the molecule is CC=C[C@H]1CC[C@H](CC=CC[C@H]2CC[C@H](CC)CC2)CC1. The molecule has 21 heavy (non-hydrogen) atoms. The average molecular weight is 289 g/mol. The number of hydrogen-bond donors (Lipinski definition) is 0. The minimum Gasteiger partial charge on any atom is -0.0914 e. The molecule has 120 valence electrons. The third-order valence-corrected chi connectivity index (χ3v) is 6.01. The van der Waals surface area contributed by atoms with E-state index in [-0.39, 0.29) is 0 Å². The smallest absolute Gasteiger partial charge is 0.0233 e. The van der Waals surface area contributed by atoms with Gasteiger partial charge in [-0.3, -0.25) is 0 Å². The zero-order chi connectivity index (χ0) is 14.9. The van der Waals surface area contributed by atoms with Gasteiger partial charge in [0.05, 0.1) is 0 Å². The van der Waals surface area contributed by atoms with Crippen LogP contribution in [0.15, 0.2) is 24.3 Å². The highest BCUT2D eigenvalue weighted by Crippen LogP contribution is 2.34. The first-order chi connectivity index (χ1) is 10.3. The Morgan fingerprint density at radius 2 is 1.19 bits per heavy atom. The Morgan fingerprint density at radius 1 is 0.714 bits per heavy atom. The molecule has 0 unspecified atom stereocenters. The van der Waals surface area contributed by atoms with E-state index in [0.717, 1.165) is 23.7 Å². The summed E-state index contributed by atoms with van der Waals surface area (Å²) >= 11 is 0. The van der Waals surface area contributed by atoms with Crippen molar-refractivity contribution in [1.29, 1.82) is 0 Å². The Kier molecular flexibility index (Phi) is 7.61. The molecular weight excluding hydrogens is 252 g/mol. The van der Waals surface area contributed by atoms with Crippen molar-refractivity contribution in [3.63, 3.8) is 0 Å². The lowest BCUT2D eigenvalue weighted by Gasteiger charge is -2.27. The molecule has 0 spiro atoms. The van der Waals surface area contributed by atoms with E-state index in [9.17, 15) is 0 Å². The second kappa shape index (κ2) is 9.49. The number of allylic oxidation sites excluding steroid dienone is 4. The molecule has 0 aromatic heterocycles. The lowest BCUT2D eigenvalue weighted by Crippen LogP contribution is -2.13. The molecule has 0 N–H and O–H groups in total. The van der Waals surface area contributed by atoms with Gasteiger partial charge in [0.2, 0.25) is 0 Å². The quantitative estimate of drug-likeness (QED) is 0.465. The topological polar surface area (TPSA) is 0 Å². The van der Waals surface area contributed by atoms with Crippen molar-refractivity contribution in [2.24, 2.45) is 23.7 Å². The summed E-state index contributed by atoms with van der Waals surface area (Å²) in [5.74, 6) is 3.88. The fourth-order valence-corrected chi connectivity index (χ4v) is 4.34. The lowest BCUT2D eigenvalue weighted by atomic mass is 9.79. The number of rotatable bonds is 6. The molecule has 0 heterocycles. The van der Waals surface area contributed by atoms with Crippen LogP contribution in [0.2, 0.25) is 0 Å². The maximum atomic E-state index is 2.51. The highest BCUT2D eigenvalue weighted by Gasteiger charge is 2.19. The Bertz CT molecular complexity index is 309. The third-order valence-electron chi connectivity index (χ3n) is 6.01. The van der Waals surface area contributed by atoms with Gasteiger partial charge in [0, 0.05) is 0 Å². The van der Waals surface area contributed by atoms with Crippen molar-refractivity contribution < 1.29 is 0 Å². The van der Waals surface area contributed by atoms with E-state index in [1.165, 1.54) is 70.6 Å². The maximum absolute atomic E-state index is 2.51. The fraction of sp³-hybridized carbons (Fsp3) is 0.810. The normalized spacial score (nSPS) is 34.8. The van der Waals surface area contributed by atoms with Crippen molar-refractivity contribution in [3.8, 4) is 0 Å². The van der Waals surface area contributed by atoms with Gasteiger partial charge < -0.3 is 0 Å². The molecule has 0 bridgehead atoms. The largest absolute Gasteiger partial charge is 0.0914 e. The molecule has 0 nitrogen and oxygen atoms in total. The van der Waals surface area contributed by atoms with Gasteiger partial charge in [0.15, 0.2) is 0 Å². The first-order valence-corrected chi connectivity index (χ1v) is 9.59. The molecule has 0 amide bonds. The van der Waals surface area contributed by atoms with Crippen molar-refractivity contribution in [1.82, 2.24) is 0 Å². The monoisotopic (exact) mass is 288 g/mol. The van der Waals surface area contributed by atoms with Gasteiger partial charge in [-0.15, -0.1) is 0 Å². The Balaban J connectivity index is 1.57. The summed E-state index contributed by atoms with van der Waals surface area (Å²) in [5.41, 5.74) is 0. The molecule has 0 saturated heterocycles. The predicted octanol–water partition coefficient (Wildman–Crippen LogP) is 6.92. The van der Waals surface area contributed by atoms with Gasteiger partial charge in [-0.1, -0.05) is 50.5 Å². The van der Waals surface area contributed by atoms with Crippen LogP contribution in [0.4, 0.5) is 0 Å². The van der Waals surface area contributed by atoms with Gasteiger partial charge in [0.25, 0.3) is 0 Å². The van der Waals surface area contributed by atoms with Gasteiger partial charge in [-0.05, 0) is 82.0 Å². The van der Waals surface area contributed by atoms with Crippen molar-refractivity contribution in [2.45, 2.75) is 84.5 Å². The molecule has 2 aliphatic rings. The van der Waals surface area contributed by atoms with E-state index in [4.69, 9.17) is 0 Å². The summed E-state index contributed by atoms with van der Waals surface area (Å²) < 4.78 is 0. The number of hydrogen-bond acceptors (Lipinski definition) is 0. The van der Waals surface area contributed by atoms with Crippen LogP contribution >= 0.6 is 0 Å². The van der Waals surface area contributed by atoms with Crippen LogP contribution in [0.3, 0.4) is 0 Å². The fourth-order valence-electron chi connectivity index (χ4n) is 4.34. The minimum atomic E-state index is 0.879. The Hall–Kier alpha value is -0.520. The molecular formula is C21H36. The van der Waals surface area contributed by atoms with Crippen LogP contribution in [-0.4, -0.2) is 0 Å². The van der Waals surface area contributed by atoms with E-state index < -0.39 is 0 Å². The molecule has 2 saturated carbocycles. The van der Waals surface area contributed by atoms with Gasteiger partial charge >= 0.3 is 0 Å². The second-order valence-corrected chi connectivity index (χ2v) is 7.54. The van der Waals surface area contributed by atoms with E-state index in [1.54, 1.807) is 0 Å². The van der Waals surface area contributed by atoms with E-state index >= 15 is 0 Å². The van der Waals surface area contributed by atoms with Gasteiger partial charge in [0.1, 0.15) is 0 Å². The molecule has 2 aliphatic carbocycles. The van der Waals surface area contributed by atoms with Crippen molar-refractivity contribution in [2.75, 3.05) is 0 Å². The summed E-state index contributed by atoms with van der Waals surface area (Å²) in [6.07, 6.45) is 25.4. The zero-order valence-corrected chi connectivity index (χ0v) is 14.4. The van der Waals surface area contributed by atoms with Gasteiger partial charge in [-0.25, -0.2) is 0 Å².